The Hall–Kier alpha value is -2.44. The second-order valence-corrected chi connectivity index (χ2v) is 5.85. The first-order valence-corrected chi connectivity index (χ1v) is 8.74. The Morgan fingerprint density at radius 2 is 1.50 bits per heavy atom. The van der Waals surface area contributed by atoms with E-state index >= 15 is 0 Å². The first-order valence-electron chi connectivity index (χ1n) is 8.74. The molecule has 1 aromatic carbocycles. The zero-order valence-electron chi connectivity index (χ0n) is 16.3. The smallest absolute Gasteiger partial charge is 0.342 e. The molecule has 7 heteroatoms. The van der Waals surface area contributed by atoms with E-state index in [9.17, 15) is 14.7 Å². The lowest BCUT2D eigenvalue weighted by atomic mass is 10.1. The molecule has 0 aliphatic heterocycles. The lowest BCUT2D eigenvalue weighted by molar-refractivity contribution is 0.0329. The van der Waals surface area contributed by atoms with Gasteiger partial charge in [-0.05, 0) is 32.3 Å². The van der Waals surface area contributed by atoms with Gasteiger partial charge in [0.2, 0.25) is 5.75 Å². The lowest BCUT2D eigenvalue weighted by Crippen LogP contribution is -2.19. The van der Waals surface area contributed by atoms with Crippen LogP contribution in [0, 0.1) is 0 Å². The topological polar surface area (TPSA) is 91.3 Å². The highest BCUT2D eigenvalue weighted by Crippen LogP contribution is 2.44. The van der Waals surface area contributed by atoms with E-state index in [0.29, 0.717) is 19.3 Å². The number of carboxylic acid groups (broad SMARTS) is 1. The molecule has 1 atom stereocenters. The molecule has 1 rings (SSSR count). The Morgan fingerprint density at radius 1 is 0.962 bits per heavy atom. The Morgan fingerprint density at radius 3 is 1.92 bits per heavy atom. The summed E-state index contributed by atoms with van der Waals surface area (Å²) in [6.07, 6.45) is 1.54. The predicted octanol–water partition coefficient (Wildman–Crippen LogP) is 3.92. The second kappa shape index (κ2) is 9.89. The van der Waals surface area contributed by atoms with Crippen LogP contribution < -0.4 is 14.2 Å². The third-order valence-corrected chi connectivity index (χ3v) is 4.13. The van der Waals surface area contributed by atoms with E-state index in [2.05, 4.69) is 0 Å². The average molecular weight is 368 g/mol. The van der Waals surface area contributed by atoms with E-state index in [1.807, 2.05) is 20.8 Å². The normalized spacial score (nSPS) is 11.8. The van der Waals surface area contributed by atoms with Crippen LogP contribution in [0.2, 0.25) is 0 Å². The summed E-state index contributed by atoms with van der Waals surface area (Å²) < 4.78 is 21.9. The van der Waals surface area contributed by atoms with E-state index in [1.54, 1.807) is 6.92 Å². The number of hydrogen-bond acceptors (Lipinski definition) is 6. The summed E-state index contributed by atoms with van der Waals surface area (Å²) in [4.78, 5) is 24.2. The van der Waals surface area contributed by atoms with Gasteiger partial charge in [0, 0.05) is 0 Å². The first-order chi connectivity index (χ1) is 12.3. The van der Waals surface area contributed by atoms with Gasteiger partial charge in [0.05, 0.1) is 26.4 Å². The minimum Gasteiger partial charge on any atom is -0.492 e. The van der Waals surface area contributed by atoms with Crippen LogP contribution in [-0.2, 0) is 4.74 Å². The minimum atomic E-state index is -1.24. The Kier molecular flexibility index (Phi) is 8.22. The summed E-state index contributed by atoms with van der Waals surface area (Å²) in [5.74, 6) is -1.69. The number of esters is 1. The molecule has 0 bridgehead atoms. The summed E-state index contributed by atoms with van der Waals surface area (Å²) in [5.41, 5.74) is -0.197. The molecule has 1 N–H and O–H groups in total. The molecule has 7 nitrogen and oxygen atoms in total. The molecule has 26 heavy (non-hydrogen) atoms. The highest BCUT2D eigenvalue weighted by molar-refractivity contribution is 6.00. The standard InChI is InChI=1S/C19H28O7/c1-7-11(4)25-19(22)14-10-13(18(20)21)15(23-5)17(16(14)24-6)26-12(8-2)9-3/h10-12H,7-9H2,1-6H3,(H,20,21). The van der Waals surface area contributed by atoms with Crippen molar-refractivity contribution in [2.75, 3.05) is 14.2 Å². The Balaban J connectivity index is 3.61. The number of hydrogen-bond donors (Lipinski definition) is 1. The number of rotatable bonds is 10. The van der Waals surface area contributed by atoms with Gasteiger partial charge in [-0.2, -0.15) is 0 Å². The van der Waals surface area contributed by atoms with Gasteiger partial charge >= 0.3 is 11.9 Å². The lowest BCUT2D eigenvalue weighted by Gasteiger charge is -2.23. The van der Waals surface area contributed by atoms with Gasteiger partial charge in [0.15, 0.2) is 11.5 Å². The molecular formula is C19H28O7. The monoisotopic (exact) mass is 368 g/mol. The van der Waals surface area contributed by atoms with Gasteiger partial charge in [0.1, 0.15) is 11.1 Å². The molecule has 0 saturated heterocycles. The molecule has 0 aromatic heterocycles. The van der Waals surface area contributed by atoms with Crippen LogP contribution in [0.15, 0.2) is 6.07 Å². The van der Waals surface area contributed by atoms with Gasteiger partial charge in [-0.25, -0.2) is 9.59 Å². The van der Waals surface area contributed by atoms with Crippen LogP contribution in [0.5, 0.6) is 17.2 Å². The summed E-state index contributed by atoms with van der Waals surface area (Å²) in [7, 11) is 2.73. The van der Waals surface area contributed by atoms with Gasteiger partial charge in [-0.1, -0.05) is 20.8 Å². The molecule has 0 heterocycles. The number of aromatic carboxylic acids is 1. The van der Waals surface area contributed by atoms with Crippen molar-refractivity contribution in [3.63, 3.8) is 0 Å². The van der Waals surface area contributed by atoms with Gasteiger partial charge in [-0.15, -0.1) is 0 Å². The van der Waals surface area contributed by atoms with Crippen molar-refractivity contribution in [2.24, 2.45) is 0 Å². The number of carboxylic acids is 1. The molecule has 1 unspecified atom stereocenters. The van der Waals surface area contributed by atoms with Gasteiger partial charge in [-0.3, -0.25) is 0 Å². The Labute approximate surface area is 154 Å². The minimum absolute atomic E-state index is 0.00745. The van der Waals surface area contributed by atoms with Crippen molar-refractivity contribution in [1.82, 2.24) is 0 Å². The Bertz CT molecular complexity index is 635. The highest BCUT2D eigenvalue weighted by Gasteiger charge is 2.30. The maximum atomic E-state index is 12.6. The maximum absolute atomic E-state index is 12.6. The van der Waals surface area contributed by atoms with Crippen molar-refractivity contribution >= 4 is 11.9 Å². The fourth-order valence-corrected chi connectivity index (χ4v) is 2.40. The SMILES string of the molecule is CCC(C)OC(=O)c1cc(C(=O)O)c(OC)c(OC(CC)CC)c1OC. The zero-order chi connectivity index (χ0) is 19.9. The number of carbonyl (C=O) groups is 2. The van der Waals surface area contributed by atoms with E-state index in [-0.39, 0.29) is 40.6 Å². The summed E-state index contributed by atoms with van der Waals surface area (Å²) in [6, 6.07) is 1.20. The maximum Gasteiger partial charge on any atom is 0.342 e. The van der Waals surface area contributed by atoms with Crippen molar-refractivity contribution < 1.29 is 33.6 Å². The van der Waals surface area contributed by atoms with Crippen LogP contribution in [0.3, 0.4) is 0 Å². The van der Waals surface area contributed by atoms with E-state index in [0.717, 1.165) is 0 Å². The van der Waals surface area contributed by atoms with Gasteiger partial charge in [0.25, 0.3) is 0 Å². The second-order valence-electron chi connectivity index (χ2n) is 5.85. The van der Waals surface area contributed by atoms with E-state index in [1.165, 1.54) is 20.3 Å². The van der Waals surface area contributed by atoms with Crippen molar-refractivity contribution in [3.8, 4) is 17.2 Å². The van der Waals surface area contributed by atoms with Crippen LogP contribution >= 0.6 is 0 Å². The predicted molar refractivity (Wildman–Crippen MR) is 96.7 cm³/mol. The van der Waals surface area contributed by atoms with Crippen LogP contribution in [0.25, 0.3) is 0 Å². The van der Waals surface area contributed by atoms with E-state index < -0.39 is 11.9 Å². The summed E-state index contributed by atoms with van der Waals surface area (Å²) in [5, 5.41) is 9.54. The molecular weight excluding hydrogens is 340 g/mol. The largest absolute Gasteiger partial charge is 0.492 e. The molecule has 0 spiro atoms. The number of methoxy groups -OCH3 is 2. The van der Waals surface area contributed by atoms with Crippen LogP contribution in [0.1, 0.15) is 67.7 Å². The molecule has 0 saturated carbocycles. The van der Waals surface area contributed by atoms with Crippen molar-refractivity contribution in [2.45, 2.75) is 59.2 Å². The molecule has 0 fully saturated rings. The molecule has 146 valence electrons. The molecule has 0 radical (unpaired) electrons. The summed E-state index contributed by atoms with van der Waals surface area (Å²) >= 11 is 0. The number of ether oxygens (including phenoxy) is 4. The summed E-state index contributed by atoms with van der Waals surface area (Å²) in [6.45, 7) is 7.54. The molecule has 1 aromatic rings. The van der Waals surface area contributed by atoms with E-state index in [4.69, 9.17) is 18.9 Å². The van der Waals surface area contributed by atoms with Crippen molar-refractivity contribution in [3.05, 3.63) is 17.2 Å². The van der Waals surface area contributed by atoms with Crippen LogP contribution in [0.4, 0.5) is 0 Å². The first kappa shape index (κ1) is 21.6. The highest BCUT2D eigenvalue weighted by atomic mass is 16.6. The van der Waals surface area contributed by atoms with Gasteiger partial charge < -0.3 is 24.1 Å². The fraction of sp³-hybridized carbons (Fsp3) is 0.579. The molecule has 0 amide bonds. The van der Waals surface area contributed by atoms with Crippen molar-refractivity contribution in [1.29, 1.82) is 0 Å². The number of benzene rings is 1. The number of carbonyl (C=O) groups excluding carboxylic acids is 1. The zero-order valence-corrected chi connectivity index (χ0v) is 16.3. The van der Waals surface area contributed by atoms with Crippen LogP contribution in [-0.4, -0.2) is 43.5 Å². The molecule has 0 aliphatic carbocycles. The quantitative estimate of drug-likeness (QED) is 0.626. The fourth-order valence-electron chi connectivity index (χ4n) is 2.40. The molecule has 0 aliphatic rings. The third kappa shape index (κ3) is 4.80. The third-order valence-electron chi connectivity index (χ3n) is 4.13. The average Bonchev–Trinajstić information content (AvgIpc) is 2.64.